The number of hydrogen-bond acceptors (Lipinski definition) is 4. The minimum Gasteiger partial charge on any atom is -0.661 e. The van der Waals surface area contributed by atoms with Gasteiger partial charge in [0.15, 0.2) is 0 Å². The largest absolute Gasteiger partial charge is 0.661 e. The summed E-state index contributed by atoms with van der Waals surface area (Å²) in [6, 6.07) is 0. The fourth-order valence-corrected chi connectivity index (χ4v) is 5.64. The monoisotopic (exact) mass is 675 g/mol. The molecule has 0 aromatic heterocycles. The molecule has 0 amide bonds. The van der Waals surface area contributed by atoms with Gasteiger partial charge in [-0.3, -0.25) is 9.59 Å². The number of carbonyl (C=O) groups is 2. The summed E-state index contributed by atoms with van der Waals surface area (Å²) in [7, 11) is 0. The van der Waals surface area contributed by atoms with E-state index in [1.54, 1.807) is 0 Å². The van der Waals surface area contributed by atoms with Gasteiger partial charge in [-0.25, -0.2) is 0 Å². The second-order valence-electron chi connectivity index (χ2n) is 13.5. The van der Waals surface area contributed by atoms with Crippen molar-refractivity contribution in [1.82, 2.24) is 0 Å². The molecular weight excluding hydrogens is 596 g/mol. The van der Waals surface area contributed by atoms with Gasteiger partial charge in [0, 0.05) is 12.8 Å². The van der Waals surface area contributed by atoms with Crippen LogP contribution in [-0.4, -0.2) is 51.3 Å². The van der Waals surface area contributed by atoms with Crippen LogP contribution in [0.3, 0.4) is 0 Å². The second-order valence-corrected chi connectivity index (χ2v) is 13.5. The highest BCUT2D eigenvalue weighted by Crippen LogP contribution is 2.12. The fraction of sp³-hybridized carbons (Fsp3) is 0.857. The van der Waals surface area contributed by atoms with E-state index >= 15 is 0 Å². The molecule has 0 rings (SSSR count). The molecule has 0 aliphatic carbocycles. The third kappa shape index (κ3) is 40.5. The molecule has 0 saturated carbocycles. The van der Waals surface area contributed by atoms with E-state index in [0.717, 1.165) is 25.7 Å². The normalized spacial score (nSPS) is 11.6. The van der Waals surface area contributed by atoms with Crippen LogP contribution in [0.1, 0.15) is 194 Å². The van der Waals surface area contributed by atoms with Crippen LogP contribution in [0.15, 0.2) is 24.3 Å². The Morgan fingerprint density at radius 3 is 1.02 bits per heavy atom. The van der Waals surface area contributed by atoms with Crippen LogP contribution in [0.25, 0.3) is 10.6 Å². The van der Waals surface area contributed by atoms with Gasteiger partial charge in [0.2, 0.25) is 0 Å². The van der Waals surface area contributed by atoms with Gasteiger partial charge in [0.05, 0.1) is 13.2 Å². The third-order valence-electron chi connectivity index (χ3n) is 8.73. The smallest absolute Gasteiger partial charge is 0.305 e. The summed E-state index contributed by atoms with van der Waals surface area (Å²) in [5.41, 5.74) is 0. The summed E-state index contributed by atoms with van der Waals surface area (Å²) in [4.78, 5) is 23.8. The molecule has 0 aliphatic heterocycles. The maximum Gasteiger partial charge on any atom is 0.305 e. The van der Waals surface area contributed by atoms with Gasteiger partial charge in [-0.05, 0) is 64.2 Å². The molecule has 0 aromatic rings. The first-order valence-corrected chi connectivity index (χ1v) is 20.6. The second kappa shape index (κ2) is 41.5. The molecule has 6 heteroatoms. The average molecular weight is 675 g/mol. The Labute approximate surface area is 298 Å². The Morgan fingerprint density at radius 2 is 0.688 bits per heavy atom. The lowest BCUT2D eigenvalue weighted by Crippen LogP contribution is -2.10. The minimum atomic E-state index is -0.115. The Balaban J connectivity index is 3.29. The van der Waals surface area contributed by atoms with E-state index < -0.39 is 0 Å². The average Bonchev–Trinajstić information content (AvgIpc) is 3.09. The van der Waals surface area contributed by atoms with Crippen molar-refractivity contribution in [2.45, 2.75) is 194 Å². The van der Waals surface area contributed by atoms with Crippen LogP contribution in [-0.2, 0) is 19.1 Å². The standard InChI is InChI=1S/C42H78N2O4/c1-3-5-7-9-11-13-15-17-19-21-23-25-27-29-31-33-41(45)47-39-37-43-35-36-44-38-40-48-42(46)34-32-30-28-26-24-22-20-18-16-14-12-10-8-6-4-2/h17-20H,3-16,21-40H2,1-2H3/q-2/b19-17-,20-18-. The SMILES string of the molecule is CCCCCCCC/C=C\CCCCCCCC(=O)OCC[N-]CC[N-]CCOC(=O)CCCCCCC/C=C\CCCCCCCC. The van der Waals surface area contributed by atoms with Crippen LogP contribution in [0.2, 0.25) is 0 Å². The van der Waals surface area contributed by atoms with E-state index in [9.17, 15) is 9.59 Å². The molecule has 0 atom stereocenters. The summed E-state index contributed by atoms with van der Waals surface area (Å²) in [6.07, 6.45) is 43.0. The Bertz CT molecular complexity index is 664. The Hall–Kier alpha value is -1.66. The van der Waals surface area contributed by atoms with Crippen molar-refractivity contribution in [3.05, 3.63) is 34.9 Å². The number of carbonyl (C=O) groups excluding carboxylic acids is 2. The first kappa shape index (κ1) is 46.3. The zero-order chi connectivity index (χ0) is 34.9. The number of rotatable bonds is 39. The topological polar surface area (TPSA) is 80.8 Å². The molecule has 282 valence electrons. The highest BCUT2D eigenvalue weighted by molar-refractivity contribution is 5.69. The first-order valence-electron chi connectivity index (χ1n) is 20.6. The zero-order valence-electron chi connectivity index (χ0n) is 31.9. The van der Waals surface area contributed by atoms with E-state index in [0.29, 0.717) is 52.2 Å². The maximum absolute atomic E-state index is 11.9. The van der Waals surface area contributed by atoms with Crippen LogP contribution in [0.5, 0.6) is 0 Å². The predicted molar refractivity (Wildman–Crippen MR) is 207 cm³/mol. The van der Waals surface area contributed by atoms with Gasteiger partial charge >= 0.3 is 11.9 Å². The summed E-state index contributed by atoms with van der Waals surface area (Å²) >= 11 is 0. The van der Waals surface area contributed by atoms with Crippen molar-refractivity contribution in [2.24, 2.45) is 0 Å². The van der Waals surface area contributed by atoms with Crippen molar-refractivity contribution in [3.63, 3.8) is 0 Å². The molecule has 6 nitrogen and oxygen atoms in total. The highest BCUT2D eigenvalue weighted by atomic mass is 16.5. The quantitative estimate of drug-likeness (QED) is 0.0369. The lowest BCUT2D eigenvalue weighted by molar-refractivity contribution is -0.144. The number of unbranched alkanes of at least 4 members (excludes halogenated alkanes) is 22. The van der Waals surface area contributed by atoms with Crippen molar-refractivity contribution in [3.8, 4) is 0 Å². The van der Waals surface area contributed by atoms with Crippen LogP contribution in [0.4, 0.5) is 0 Å². The molecule has 0 unspecified atom stereocenters. The van der Waals surface area contributed by atoms with Crippen molar-refractivity contribution in [2.75, 3.05) is 39.4 Å². The number of esters is 2. The minimum absolute atomic E-state index is 0.115. The first-order chi connectivity index (χ1) is 23.7. The fourth-order valence-electron chi connectivity index (χ4n) is 5.64. The number of nitrogens with zero attached hydrogens (tertiary/aromatic N) is 2. The summed E-state index contributed by atoms with van der Waals surface area (Å²) in [6.45, 7) is 7.46. The molecule has 0 spiro atoms. The molecule has 48 heavy (non-hydrogen) atoms. The zero-order valence-corrected chi connectivity index (χ0v) is 31.9. The molecule has 0 aromatic carbocycles. The highest BCUT2D eigenvalue weighted by Gasteiger charge is 2.02. The predicted octanol–water partition coefficient (Wildman–Crippen LogP) is 12.9. The number of hydrogen-bond donors (Lipinski definition) is 0. The molecular formula is C42H78N2O4-2. The van der Waals surface area contributed by atoms with Crippen LogP contribution >= 0.6 is 0 Å². The maximum atomic E-state index is 11.9. The summed E-state index contributed by atoms with van der Waals surface area (Å²) in [5, 5.41) is 8.74. The van der Waals surface area contributed by atoms with Gasteiger partial charge in [-0.2, -0.15) is 13.1 Å². The van der Waals surface area contributed by atoms with Gasteiger partial charge in [-0.1, -0.05) is 141 Å². The third-order valence-corrected chi connectivity index (χ3v) is 8.73. The van der Waals surface area contributed by atoms with Gasteiger partial charge in [0.25, 0.3) is 0 Å². The van der Waals surface area contributed by atoms with E-state index in [1.807, 2.05) is 0 Å². The lowest BCUT2D eigenvalue weighted by atomic mass is 10.1. The molecule has 0 bridgehead atoms. The number of ether oxygens (including phenoxy) is 2. The Kier molecular flexibility index (Phi) is 40.1. The molecule has 0 fully saturated rings. The van der Waals surface area contributed by atoms with E-state index in [-0.39, 0.29) is 11.9 Å². The molecule has 0 heterocycles. The van der Waals surface area contributed by atoms with Gasteiger partial charge in [-0.15, -0.1) is 13.1 Å². The van der Waals surface area contributed by atoms with Gasteiger partial charge in [0.1, 0.15) is 0 Å². The van der Waals surface area contributed by atoms with Crippen LogP contribution in [0, 0.1) is 0 Å². The van der Waals surface area contributed by atoms with Crippen molar-refractivity contribution < 1.29 is 19.1 Å². The van der Waals surface area contributed by atoms with Crippen molar-refractivity contribution in [1.29, 1.82) is 0 Å². The van der Waals surface area contributed by atoms with E-state index in [1.165, 1.54) is 141 Å². The van der Waals surface area contributed by atoms with Gasteiger partial charge < -0.3 is 20.1 Å². The summed E-state index contributed by atoms with van der Waals surface area (Å²) < 4.78 is 10.6. The molecule has 0 aliphatic rings. The number of allylic oxidation sites excluding steroid dienone is 4. The Morgan fingerprint density at radius 1 is 0.396 bits per heavy atom. The molecule has 0 saturated heterocycles. The van der Waals surface area contributed by atoms with Crippen LogP contribution < -0.4 is 0 Å². The lowest BCUT2D eigenvalue weighted by Gasteiger charge is -2.26. The van der Waals surface area contributed by atoms with E-state index in [4.69, 9.17) is 9.47 Å². The van der Waals surface area contributed by atoms with Crippen molar-refractivity contribution >= 4 is 11.9 Å². The molecule has 0 N–H and O–H groups in total. The summed E-state index contributed by atoms with van der Waals surface area (Å²) in [5.74, 6) is -0.229. The van der Waals surface area contributed by atoms with E-state index in [2.05, 4.69) is 48.8 Å². The molecule has 0 radical (unpaired) electrons.